The van der Waals surface area contributed by atoms with Crippen LogP contribution in [0.2, 0.25) is 0 Å². The van der Waals surface area contributed by atoms with Gasteiger partial charge in [0.05, 0.1) is 5.56 Å². The first-order valence-electron chi connectivity index (χ1n) is 17.7. The zero-order valence-electron chi connectivity index (χ0n) is 28.7. The van der Waals surface area contributed by atoms with Crippen molar-refractivity contribution in [2.45, 2.75) is 122 Å². The Morgan fingerprint density at radius 2 is 1.18 bits per heavy atom. The Morgan fingerprint density at radius 3 is 1.74 bits per heavy atom. The van der Waals surface area contributed by atoms with Crippen LogP contribution in [0.15, 0.2) is 36.4 Å². The molecule has 0 amide bonds. The van der Waals surface area contributed by atoms with Crippen molar-refractivity contribution in [2.24, 2.45) is 0 Å². The summed E-state index contributed by atoms with van der Waals surface area (Å²) in [4.78, 5) is 25.7. The van der Waals surface area contributed by atoms with Crippen LogP contribution >= 0.6 is 0 Å². The Morgan fingerprint density at radius 1 is 0.640 bits per heavy atom. The van der Waals surface area contributed by atoms with E-state index in [9.17, 15) is 45.3 Å². The molecule has 1 aliphatic rings. The molecule has 1 aliphatic carbocycles. The predicted molar refractivity (Wildman–Crippen MR) is 186 cm³/mol. The van der Waals surface area contributed by atoms with Crippen LogP contribution in [-0.2, 0) is 22.4 Å². The number of esters is 2. The zero-order valence-corrected chi connectivity index (χ0v) is 28.7. The molecule has 3 aromatic rings. The van der Waals surface area contributed by atoms with Gasteiger partial charge in [0.25, 0.3) is 0 Å². The van der Waals surface area contributed by atoms with Gasteiger partial charge >= 0.3 is 11.9 Å². The van der Waals surface area contributed by atoms with Crippen LogP contribution in [-0.4, -0.2) is 53.8 Å². The van der Waals surface area contributed by atoms with Gasteiger partial charge < -0.3 is 45.2 Å². The molecular weight excluding hydrogens is 644 g/mol. The van der Waals surface area contributed by atoms with Gasteiger partial charge in [0.2, 0.25) is 5.75 Å². The van der Waals surface area contributed by atoms with Gasteiger partial charge in [-0.3, -0.25) is 4.79 Å². The Balaban J connectivity index is 1.35. The number of rotatable bonds is 18. The number of aromatic hydroxyl groups is 7. The van der Waals surface area contributed by atoms with E-state index in [0.29, 0.717) is 23.1 Å². The van der Waals surface area contributed by atoms with Crippen molar-refractivity contribution in [2.75, 3.05) is 0 Å². The smallest absolute Gasteiger partial charge is 0.338 e. The number of unbranched alkanes of at least 4 members (excludes halogenated alkanes) is 12. The fraction of sp³-hybridized carbons (Fsp3) is 0.487. The number of hydrogen-bond acceptors (Lipinski definition) is 11. The molecule has 0 saturated carbocycles. The molecule has 3 aromatic carbocycles. The van der Waals surface area contributed by atoms with Crippen LogP contribution in [0, 0.1) is 0 Å². The maximum Gasteiger partial charge on any atom is 0.338 e. The molecule has 0 aromatic heterocycles. The summed E-state index contributed by atoms with van der Waals surface area (Å²) in [5, 5.41) is 71.7. The van der Waals surface area contributed by atoms with Gasteiger partial charge in [0.1, 0.15) is 17.6 Å². The summed E-state index contributed by atoms with van der Waals surface area (Å²) in [6.07, 6.45) is 14.4. The van der Waals surface area contributed by atoms with Crippen LogP contribution in [0.5, 0.6) is 46.0 Å². The molecule has 0 aliphatic heterocycles. The van der Waals surface area contributed by atoms with Gasteiger partial charge in [0.15, 0.2) is 28.7 Å². The lowest BCUT2D eigenvalue weighted by atomic mass is 9.77. The molecule has 11 heteroatoms. The molecule has 272 valence electrons. The molecule has 0 heterocycles. The minimum atomic E-state index is -0.994. The highest BCUT2D eigenvalue weighted by atomic mass is 16.6. The average Bonchev–Trinajstić information content (AvgIpc) is 3.07. The molecule has 11 nitrogen and oxygen atoms in total. The van der Waals surface area contributed by atoms with Crippen molar-refractivity contribution in [3.05, 3.63) is 58.7 Å². The first-order chi connectivity index (χ1) is 24.0. The molecule has 7 N–H and O–H groups in total. The van der Waals surface area contributed by atoms with E-state index >= 15 is 0 Å². The lowest BCUT2D eigenvalue weighted by Gasteiger charge is -2.33. The highest BCUT2D eigenvalue weighted by molar-refractivity contribution is 5.91. The predicted octanol–water partition coefficient (Wildman–Crippen LogP) is 8.12. The maximum absolute atomic E-state index is 13.1. The second-order valence-electron chi connectivity index (χ2n) is 13.3. The van der Waals surface area contributed by atoms with Crippen LogP contribution in [0.1, 0.15) is 130 Å². The molecule has 4 rings (SSSR count). The minimum Gasteiger partial charge on any atom is -0.508 e. The Labute approximate surface area is 292 Å². The molecular formula is C39H50O11. The summed E-state index contributed by atoms with van der Waals surface area (Å²) in [5.41, 5.74) is 1.03. The number of phenolic OH excluding ortho intramolecular Hbond substituents is 7. The average molecular weight is 695 g/mol. The van der Waals surface area contributed by atoms with Crippen molar-refractivity contribution in [3.8, 4) is 46.0 Å². The van der Waals surface area contributed by atoms with Crippen LogP contribution in [0.4, 0.5) is 0 Å². The Kier molecular flexibility index (Phi) is 13.9. The zero-order chi connectivity index (χ0) is 36.2. The van der Waals surface area contributed by atoms with Gasteiger partial charge in [-0.1, -0.05) is 84.0 Å². The Hall–Kier alpha value is -4.80. The van der Waals surface area contributed by atoms with E-state index in [2.05, 4.69) is 6.92 Å². The lowest BCUT2D eigenvalue weighted by Crippen LogP contribution is -2.33. The van der Waals surface area contributed by atoms with Gasteiger partial charge in [-0.25, -0.2) is 4.79 Å². The van der Waals surface area contributed by atoms with Gasteiger partial charge in [0, 0.05) is 30.4 Å². The number of carbonyl (C=O) groups is 2. The summed E-state index contributed by atoms with van der Waals surface area (Å²) in [7, 11) is 0. The fourth-order valence-corrected chi connectivity index (χ4v) is 6.60. The maximum atomic E-state index is 13.1. The summed E-state index contributed by atoms with van der Waals surface area (Å²) >= 11 is 0. The first kappa shape index (κ1) is 38.0. The molecule has 0 unspecified atom stereocenters. The van der Waals surface area contributed by atoms with Crippen molar-refractivity contribution >= 4 is 11.9 Å². The fourth-order valence-electron chi connectivity index (χ4n) is 6.60. The van der Waals surface area contributed by atoms with Crippen molar-refractivity contribution < 1.29 is 54.8 Å². The number of carbonyl (C=O) groups excluding carboxylic acids is 2. The van der Waals surface area contributed by atoms with E-state index in [1.165, 1.54) is 76.0 Å². The quantitative estimate of drug-likeness (QED) is 0.0294. The number of benzene rings is 3. The molecule has 0 radical (unpaired) electrons. The second kappa shape index (κ2) is 18.3. The first-order valence-corrected chi connectivity index (χ1v) is 17.7. The molecule has 50 heavy (non-hydrogen) atoms. The molecule has 0 saturated heterocycles. The summed E-state index contributed by atoms with van der Waals surface area (Å²) in [5.74, 6) is -6.30. The van der Waals surface area contributed by atoms with Crippen LogP contribution in [0.3, 0.4) is 0 Å². The molecule has 2 atom stereocenters. The van der Waals surface area contributed by atoms with Crippen molar-refractivity contribution in [1.29, 1.82) is 0 Å². The summed E-state index contributed by atoms with van der Waals surface area (Å²) in [6, 6.07) is 7.07. The Bertz CT molecular complexity index is 1570. The lowest BCUT2D eigenvalue weighted by molar-refractivity contribution is -0.134. The van der Waals surface area contributed by atoms with Crippen molar-refractivity contribution in [1.82, 2.24) is 0 Å². The van der Waals surface area contributed by atoms with E-state index in [-0.39, 0.29) is 42.1 Å². The minimum absolute atomic E-state index is 0.0225. The van der Waals surface area contributed by atoms with Crippen LogP contribution < -0.4 is 4.74 Å². The van der Waals surface area contributed by atoms with E-state index in [1.807, 2.05) is 0 Å². The SMILES string of the molecule is CCCCCCCCCCCCCCCC(=O)Oc1c(O)cc([C@H]2Cc3cc(O)cc(O)c3C[C@H]2OC(=O)c2cc(O)c(O)c(O)c2)cc1O. The summed E-state index contributed by atoms with van der Waals surface area (Å²) < 4.78 is 11.1. The third-order valence-electron chi connectivity index (χ3n) is 9.36. The number of hydrogen-bond donors (Lipinski definition) is 7. The molecule has 0 spiro atoms. The van der Waals surface area contributed by atoms with E-state index < -0.39 is 52.7 Å². The highest BCUT2D eigenvalue weighted by Crippen LogP contribution is 2.45. The third-order valence-corrected chi connectivity index (χ3v) is 9.36. The third kappa shape index (κ3) is 10.4. The van der Waals surface area contributed by atoms with E-state index in [0.717, 1.165) is 37.5 Å². The van der Waals surface area contributed by atoms with Crippen molar-refractivity contribution in [3.63, 3.8) is 0 Å². The molecule has 0 fully saturated rings. The monoisotopic (exact) mass is 694 g/mol. The van der Waals surface area contributed by atoms with Gasteiger partial charge in [-0.05, 0) is 54.3 Å². The number of ether oxygens (including phenoxy) is 2. The van der Waals surface area contributed by atoms with E-state index in [1.54, 1.807) is 0 Å². The van der Waals surface area contributed by atoms with Gasteiger partial charge in [-0.2, -0.15) is 0 Å². The highest BCUT2D eigenvalue weighted by Gasteiger charge is 2.36. The largest absolute Gasteiger partial charge is 0.508 e. The topological polar surface area (TPSA) is 194 Å². The number of fused-ring (bicyclic) bond motifs is 1. The number of phenols is 7. The second-order valence-corrected chi connectivity index (χ2v) is 13.3. The normalized spacial score (nSPS) is 15.4. The summed E-state index contributed by atoms with van der Waals surface area (Å²) in [6.45, 7) is 2.23. The van der Waals surface area contributed by atoms with E-state index in [4.69, 9.17) is 9.47 Å². The standard InChI is InChI=1S/C39H50O11/c1-2-3-4-5-6-7-8-9-10-11-12-13-14-15-36(46)50-38-33(44)18-25(19-34(38)45)29-17-24-16-27(40)22-30(41)28(24)23-35(29)49-39(48)26-20-31(42)37(47)32(43)21-26/h16,18-22,29,35,40-45,47H,2-15,17,23H2,1H3/t29-,35-/m1/s1. The van der Waals surface area contributed by atoms with Gasteiger partial charge in [-0.15, -0.1) is 0 Å². The van der Waals surface area contributed by atoms with Crippen LogP contribution in [0.25, 0.3) is 0 Å². The molecule has 0 bridgehead atoms.